The van der Waals surface area contributed by atoms with Crippen molar-refractivity contribution in [2.75, 3.05) is 0 Å². The van der Waals surface area contributed by atoms with Crippen molar-refractivity contribution in [1.29, 1.82) is 0 Å². The maximum Gasteiger partial charge on any atom is 0.283 e. The third-order valence-corrected chi connectivity index (χ3v) is 7.23. The predicted octanol–water partition coefficient (Wildman–Crippen LogP) is 9.61. The van der Waals surface area contributed by atoms with Gasteiger partial charge < -0.3 is 4.57 Å². The third-order valence-electron chi connectivity index (χ3n) is 6.09. The summed E-state index contributed by atoms with van der Waals surface area (Å²) in [6, 6.07) is 17.6. The van der Waals surface area contributed by atoms with Crippen LogP contribution in [0.25, 0.3) is 28.5 Å². The molecule has 1 heterocycles. The molecular formula is C27H27F5IrN3S-. The van der Waals surface area contributed by atoms with Crippen LogP contribution in [0.4, 0.5) is 19.4 Å². The molecule has 0 N–H and O–H groups in total. The third kappa shape index (κ3) is 5.81. The van der Waals surface area contributed by atoms with Gasteiger partial charge in [0.15, 0.2) is 5.82 Å². The van der Waals surface area contributed by atoms with Crippen LogP contribution in [0.5, 0.6) is 0 Å². The van der Waals surface area contributed by atoms with Gasteiger partial charge in [0.2, 0.25) is 0 Å². The number of benzene rings is 3. The monoisotopic (exact) mass is 713 g/mol. The fourth-order valence-corrected chi connectivity index (χ4v) is 4.84. The molecule has 0 fully saturated rings. The van der Waals surface area contributed by atoms with Crippen LogP contribution >= 0.6 is 10.2 Å². The molecule has 3 aromatic carbocycles. The van der Waals surface area contributed by atoms with Crippen LogP contribution in [0, 0.1) is 13.0 Å². The molecule has 3 nitrogen and oxygen atoms in total. The predicted molar refractivity (Wildman–Crippen MR) is 135 cm³/mol. The average Bonchev–Trinajstić information content (AvgIpc) is 3.21. The molecule has 0 spiro atoms. The first-order valence-electron chi connectivity index (χ1n) is 11.5. The van der Waals surface area contributed by atoms with Crippen LogP contribution in [-0.2, 0) is 20.1 Å². The first-order chi connectivity index (χ1) is 16.6. The summed E-state index contributed by atoms with van der Waals surface area (Å²) in [5.41, 5.74) is 4.69. The summed E-state index contributed by atoms with van der Waals surface area (Å²) >= 11 is 0. The second-order valence-corrected chi connectivity index (χ2v) is 11.9. The molecule has 0 saturated heterocycles. The summed E-state index contributed by atoms with van der Waals surface area (Å²) in [4.78, 5) is -1.99. The molecular weight excluding hydrogens is 686 g/mol. The van der Waals surface area contributed by atoms with E-state index in [9.17, 15) is 19.4 Å². The van der Waals surface area contributed by atoms with Crippen LogP contribution in [0.2, 0.25) is 0 Å². The Bertz CT molecular complexity index is 1400. The number of aromatic nitrogens is 3. The van der Waals surface area contributed by atoms with Gasteiger partial charge in [-0.05, 0) is 35.4 Å². The van der Waals surface area contributed by atoms with Gasteiger partial charge in [-0.2, -0.15) is 5.10 Å². The van der Waals surface area contributed by atoms with Crippen LogP contribution in [0.15, 0.2) is 65.6 Å². The van der Waals surface area contributed by atoms with Crippen molar-refractivity contribution in [2.24, 2.45) is 0 Å². The summed E-state index contributed by atoms with van der Waals surface area (Å²) in [6.07, 6.45) is 0. The molecule has 4 rings (SSSR count). The van der Waals surface area contributed by atoms with Gasteiger partial charge in [0.25, 0.3) is 10.2 Å². The SMILES string of the molecule is Cc1ccccc1-c1nnc(-c2[c-]cc(S(F)(F)(F)(F)F)cc2)n1-c1c(C(C)C)cccc1C(C)C.[Ir]. The number of para-hydroxylation sites is 1. The molecule has 0 aliphatic heterocycles. The standard InChI is InChI=1S/C27H27F5N3S.Ir/c1-17(2)22-11-8-12-23(18(3)4)25(22)35-26(33-34-27(35)24-10-7-6-9-19(24)5)20-13-15-21(16-14-20)36(28,29,30,31)32;/h6-13,15-18H,1-5H3;/q-1;. The van der Waals surface area contributed by atoms with Gasteiger partial charge in [0.1, 0.15) is 0 Å². The van der Waals surface area contributed by atoms with E-state index in [2.05, 4.69) is 44.0 Å². The van der Waals surface area contributed by atoms with Gasteiger partial charge in [0, 0.05) is 36.3 Å². The van der Waals surface area contributed by atoms with E-state index >= 15 is 0 Å². The Morgan fingerprint density at radius 2 is 1.32 bits per heavy atom. The van der Waals surface area contributed by atoms with E-state index in [0.29, 0.717) is 18.0 Å². The average molecular weight is 713 g/mol. The molecule has 0 atom stereocenters. The molecule has 201 valence electrons. The van der Waals surface area contributed by atoms with E-state index in [1.54, 1.807) is 0 Å². The zero-order valence-corrected chi connectivity index (χ0v) is 24.1. The Morgan fingerprint density at radius 3 is 1.81 bits per heavy atom. The van der Waals surface area contributed by atoms with Gasteiger partial charge >= 0.3 is 0 Å². The minimum absolute atomic E-state index is 0. The summed E-state index contributed by atoms with van der Waals surface area (Å²) in [6.45, 7) is 10.1. The van der Waals surface area contributed by atoms with Crippen LogP contribution in [0.3, 0.4) is 0 Å². The van der Waals surface area contributed by atoms with E-state index in [1.807, 2.05) is 54.0 Å². The van der Waals surface area contributed by atoms with Gasteiger partial charge in [-0.3, -0.25) is 0 Å². The van der Waals surface area contributed by atoms with Crippen molar-refractivity contribution in [3.63, 3.8) is 0 Å². The van der Waals surface area contributed by atoms with Crippen LogP contribution in [0.1, 0.15) is 56.2 Å². The van der Waals surface area contributed by atoms with Gasteiger partial charge in [-0.25, -0.2) is 0 Å². The van der Waals surface area contributed by atoms with Crippen LogP contribution in [-0.4, -0.2) is 14.8 Å². The number of rotatable bonds is 6. The van der Waals surface area contributed by atoms with Crippen LogP contribution < -0.4 is 0 Å². The molecule has 0 aliphatic carbocycles. The molecule has 0 saturated carbocycles. The van der Waals surface area contributed by atoms with E-state index in [4.69, 9.17) is 0 Å². The first-order valence-corrected chi connectivity index (χ1v) is 13.4. The Kier molecular flexibility index (Phi) is 7.31. The Balaban J connectivity index is 0.00000380. The Morgan fingerprint density at radius 1 is 0.757 bits per heavy atom. The van der Waals surface area contributed by atoms with Crippen molar-refractivity contribution >= 4 is 10.2 Å². The van der Waals surface area contributed by atoms with E-state index < -0.39 is 15.1 Å². The normalized spacial score (nSPS) is 13.8. The summed E-state index contributed by atoms with van der Waals surface area (Å²) in [7, 11) is -9.83. The zero-order valence-electron chi connectivity index (χ0n) is 20.9. The fourth-order valence-electron chi connectivity index (χ4n) is 4.23. The Labute approximate surface area is 227 Å². The fraction of sp³-hybridized carbons (Fsp3) is 0.259. The number of halogens is 5. The van der Waals surface area contributed by atoms with Crippen molar-refractivity contribution in [3.05, 3.63) is 83.4 Å². The smallest absolute Gasteiger partial charge is 0.283 e. The van der Waals surface area contributed by atoms with Gasteiger partial charge in [-0.15, -0.1) is 54.4 Å². The summed E-state index contributed by atoms with van der Waals surface area (Å²) < 4.78 is 68.4. The molecule has 4 aromatic rings. The van der Waals surface area contributed by atoms with Gasteiger partial charge in [-0.1, -0.05) is 70.2 Å². The molecule has 0 unspecified atom stereocenters. The van der Waals surface area contributed by atoms with Gasteiger partial charge in [0.05, 0.1) is 5.82 Å². The molecule has 10 heteroatoms. The molecule has 37 heavy (non-hydrogen) atoms. The number of hydrogen-bond acceptors (Lipinski definition) is 2. The molecule has 0 amide bonds. The summed E-state index contributed by atoms with van der Waals surface area (Å²) in [5.74, 6) is 0.941. The molecule has 0 bridgehead atoms. The van der Waals surface area contributed by atoms with Crippen molar-refractivity contribution in [3.8, 4) is 28.5 Å². The van der Waals surface area contributed by atoms with E-state index in [1.165, 1.54) is 0 Å². The van der Waals surface area contributed by atoms with E-state index in [-0.39, 0.29) is 43.3 Å². The van der Waals surface area contributed by atoms with E-state index in [0.717, 1.165) is 34.0 Å². The van der Waals surface area contributed by atoms with Crippen molar-refractivity contribution in [1.82, 2.24) is 14.8 Å². The maximum atomic E-state index is 13.3. The number of hydrogen-bond donors (Lipinski definition) is 0. The molecule has 1 radical (unpaired) electrons. The topological polar surface area (TPSA) is 30.7 Å². The Hall–Kier alpha value is -2.55. The van der Waals surface area contributed by atoms with Crippen molar-refractivity contribution < 1.29 is 39.5 Å². The largest absolute Gasteiger partial charge is 0.315 e. The van der Waals surface area contributed by atoms with Crippen molar-refractivity contribution in [2.45, 2.75) is 51.3 Å². The maximum absolute atomic E-state index is 13.3. The number of nitrogens with zero attached hydrogens (tertiary/aromatic N) is 3. The first kappa shape index (κ1) is 29.0. The quantitative estimate of drug-likeness (QED) is 0.147. The number of aryl methyl sites for hydroxylation is 1. The molecule has 0 aliphatic rings. The minimum Gasteiger partial charge on any atom is -0.315 e. The second kappa shape index (κ2) is 9.33. The second-order valence-electron chi connectivity index (χ2n) is 9.50. The summed E-state index contributed by atoms with van der Waals surface area (Å²) in [5, 5.41) is 8.76. The zero-order chi connectivity index (χ0) is 26.5. The molecule has 1 aromatic heterocycles. The minimum atomic E-state index is -9.83.